The minimum Gasteiger partial charge on any atom is -0.387 e. The van der Waals surface area contributed by atoms with Gasteiger partial charge >= 0.3 is 0 Å². The summed E-state index contributed by atoms with van der Waals surface area (Å²) in [6.07, 6.45) is 4.60. The highest BCUT2D eigenvalue weighted by Crippen LogP contribution is 2.40. The van der Waals surface area contributed by atoms with Crippen LogP contribution in [0, 0.1) is 11.3 Å². The largest absolute Gasteiger partial charge is 0.387 e. The number of ether oxygens (including phenoxy) is 1. The SMILES string of the molecule is CCC[C@H](NC(=O)[C@@H]1C[C@]2(CC(c3cccc(Cl)c3)=NO2)CN1C(=O)[C@@H](NC(=O)CC1CCOC(C)(C)C1)C(C)(C)C)C(=O)C(=O)NC1CC1. The van der Waals surface area contributed by atoms with Crippen molar-refractivity contribution in [2.24, 2.45) is 16.5 Å². The summed E-state index contributed by atoms with van der Waals surface area (Å²) in [6, 6.07) is 4.15. The molecule has 0 radical (unpaired) electrons. The highest BCUT2D eigenvalue weighted by molar-refractivity contribution is 6.38. The zero-order chi connectivity index (χ0) is 36.4. The molecule has 3 heterocycles. The Bertz CT molecular complexity index is 1520. The van der Waals surface area contributed by atoms with Gasteiger partial charge in [0.1, 0.15) is 12.1 Å². The summed E-state index contributed by atoms with van der Waals surface area (Å²) in [7, 11) is 0. The molecule has 3 aliphatic heterocycles. The maximum atomic E-state index is 14.6. The van der Waals surface area contributed by atoms with Gasteiger partial charge in [0.25, 0.3) is 5.91 Å². The van der Waals surface area contributed by atoms with Crippen LogP contribution < -0.4 is 16.0 Å². The van der Waals surface area contributed by atoms with E-state index in [1.165, 1.54) is 4.90 Å². The number of amides is 4. The molecule has 5 rings (SSSR count). The molecule has 12 nitrogen and oxygen atoms in total. The molecule has 1 unspecified atom stereocenters. The predicted molar refractivity (Wildman–Crippen MR) is 188 cm³/mol. The molecule has 4 aliphatic rings. The molecule has 13 heteroatoms. The molecular formula is C37H52ClN5O7. The van der Waals surface area contributed by atoms with Crippen LogP contribution in [-0.4, -0.2) is 88.5 Å². The van der Waals surface area contributed by atoms with E-state index in [1.807, 2.05) is 53.7 Å². The van der Waals surface area contributed by atoms with Crippen LogP contribution in [0.3, 0.4) is 0 Å². The molecule has 5 atom stereocenters. The highest BCUT2D eigenvalue weighted by atomic mass is 35.5. The normalized spacial score (nSPS) is 25.7. The smallest absolute Gasteiger partial charge is 0.289 e. The Labute approximate surface area is 299 Å². The Kier molecular flexibility index (Phi) is 11.3. The van der Waals surface area contributed by atoms with Gasteiger partial charge in [0, 0.05) is 42.5 Å². The minimum absolute atomic E-state index is 0.0112. The van der Waals surface area contributed by atoms with Crippen LogP contribution in [0.4, 0.5) is 0 Å². The second-order valence-corrected chi connectivity index (χ2v) is 16.6. The van der Waals surface area contributed by atoms with Gasteiger partial charge in [-0.15, -0.1) is 0 Å². The van der Waals surface area contributed by atoms with E-state index in [0.717, 1.165) is 31.2 Å². The van der Waals surface area contributed by atoms with Crippen LogP contribution in [0.1, 0.15) is 105 Å². The van der Waals surface area contributed by atoms with Gasteiger partial charge in [-0.25, -0.2) is 0 Å². The fraction of sp³-hybridized carbons (Fsp3) is 0.676. The minimum atomic E-state index is -1.05. The average molecular weight is 714 g/mol. The van der Waals surface area contributed by atoms with Gasteiger partial charge in [-0.1, -0.05) is 63.0 Å². The number of rotatable bonds is 12. The molecule has 0 aromatic heterocycles. The van der Waals surface area contributed by atoms with Crippen LogP contribution in [-0.2, 0) is 33.5 Å². The van der Waals surface area contributed by atoms with Crippen molar-refractivity contribution in [2.75, 3.05) is 13.2 Å². The van der Waals surface area contributed by atoms with Crippen LogP contribution >= 0.6 is 11.6 Å². The number of oxime groups is 1. The number of carbonyl (C=O) groups excluding carboxylic acids is 5. The Morgan fingerprint density at radius 3 is 2.46 bits per heavy atom. The van der Waals surface area contributed by atoms with Crippen molar-refractivity contribution < 1.29 is 33.5 Å². The quantitative estimate of drug-likeness (QED) is 0.276. The lowest BCUT2D eigenvalue weighted by Gasteiger charge is -2.37. The van der Waals surface area contributed by atoms with Gasteiger partial charge in [0.2, 0.25) is 23.5 Å². The molecule has 274 valence electrons. The molecule has 2 saturated heterocycles. The van der Waals surface area contributed by atoms with Gasteiger partial charge in [0.15, 0.2) is 5.60 Å². The lowest BCUT2D eigenvalue weighted by molar-refractivity contribution is -0.145. The van der Waals surface area contributed by atoms with Crippen molar-refractivity contribution in [1.29, 1.82) is 0 Å². The highest BCUT2D eigenvalue weighted by Gasteiger charge is 2.55. The van der Waals surface area contributed by atoms with Crippen molar-refractivity contribution in [3.8, 4) is 0 Å². The molecule has 1 saturated carbocycles. The maximum Gasteiger partial charge on any atom is 0.289 e. The number of nitrogens with one attached hydrogen (secondary N) is 3. The van der Waals surface area contributed by atoms with Gasteiger partial charge < -0.3 is 30.4 Å². The topological polar surface area (TPSA) is 156 Å². The van der Waals surface area contributed by atoms with Gasteiger partial charge in [-0.05, 0) is 69.4 Å². The van der Waals surface area contributed by atoms with E-state index in [-0.39, 0.29) is 49.3 Å². The van der Waals surface area contributed by atoms with Crippen LogP contribution in [0.15, 0.2) is 29.4 Å². The average Bonchev–Trinajstić information content (AvgIpc) is 3.62. The zero-order valence-corrected chi connectivity index (χ0v) is 30.9. The van der Waals surface area contributed by atoms with Crippen LogP contribution in [0.25, 0.3) is 0 Å². The van der Waals surface area contributed by atoms with E-state index in [1.54, 1.807) is 12.1 Å². The standard InChI is InChI=1S/C37H52ClN5O7/c1-7-9-26(30(45)33(47)39-25-12-13-25)40-32(46)28-20-37(19-27(42-50-37)23-10-8-11-24(38)17-23)21-43(28)34(48)31(35(2,3)4)41-29(44)16-22-14-15-49-36(5,6)18-22/h8,10-11,17,22,25-26,28,31H,7,9,12-16,18-21H2,1-6H3,(H,39,47)(H,40,46)(H,41,44)/t22?,26-,28-,31+,37+/m0/s1. The second kappa shape index (κ2) is 15.0. The third-order valence-electron chi connectivity index (χ3n) is 10.0. The first kappa shape index (κ1) is 37.7. The fourth-order valence-electron chi connectivity index (χ4n) is 7.25. The molecular weight excluding hydrogens is 662 g/mol. The Morgan fingerprint density at radius 2 is 1.82 bits per heavy atom. The van der Waals surface area contributed by atoms with Crippen molar-refractivity contribution in [1.82, 2.24) is 20.9 Å². The Hall–Kier alpha value is -3.51. The lowest BCUT2D eigenvalue weighted by Crippen LogP contribution is -2.59. The number of hydrogen-bond donors (Lipinski definition) is 3. The van der Waals surface area contributed by atoms with E-state index in [9.17, 15) is 24.0 Å². The number of ketones is 1. The number of halogens is 1. The van der Waals surface area contributed by atoms with Crippen LogP contribution in [0.2, 0.25) is 5.02 Å². The first-order valence-electron chi connectivity index (χ1n) is 17.9. The van der Waals surface area contributed by atoms with E-state index in [2.05, 4.69) is 21.1 Å². The fourth-order valence-corrected chi connectivity index (χ4v) is 7.44. The summed E-state index contributed by atoms with van der Waals surface area (Å²) in [6.45, 7) is 12.1. The van der Waals surface area contributed by atoms with E-state index in [0.29, 0.717) is 30.2 Å². The first-order valence-corrected chi connectivity index (χ1v) is 18.3. The maximum absolute atomic E-state index is 14.6. The summed E-state index contributed by atoms with van der Waals surface area (Å²) in [5, 5.41) is 13.4. The van der Waals surface area contributed by atoms with Crippen molar-refractivity contribution in [3.63, 3.8) is 0 Å². The second-order valence-electron chi connectivity index (χ2n) is 16.2. The van der Waals surface area contributed by atoms with Gasteiger partial charge in [-0.2, -0.15) is 0 Å². The summed E-state index contributed by atoms with van der Waals surface area (Å²) < 4.78 is 5.83. The summed E-state index contributed by atoms with van der Waals surface area (Å²) in [5.74, 6) is -2.55. The molecule has 50 heavy (non-hydrogen) atoms. The van der Waals surface area contributed by atoms with Gasteiger partial charge in [0.05, 0.1) is 23.9 Å². The molecule has 4 amide bonds. The van der Waals surface area contributed by atoms with E-state index < -0.39 is 52.6 Å². The molecule has 1 aromatic rings. The molecule has 3 N–H and O–H groups in total. The third kappa shape index (κ3) is 9.23. The number of likely N-dealkylation sites (tertiary alicyclic amines) is 1. The van der Waals surface area contributed by atoms with Crippen LogP contribution in [0.5, 0.6) is 0 Å². The first-order chi connectivity index (χ1) is 23.5. The molecule has 0 bridgehead atoms. The lowest BCUT2D eigenvalue weighted by atomic mass is 9.84. The van der Waals surface area contributed by atoms with Crippen molar-refractivity contribution in [3.05, 3.63) is 34.9 Å². The number of nitrogens with zero attached hydrogens (tertiary/aromatic N) is 2. The molecule has 1 spiro atoms. The summed E-state index contributed by atoms with van der Waals surface area (Å²) in [4.78, 5) is 75.7. The zero-order valence-electron chi connectivity index (χ0n) is 30.1. The molecule has 3 fully saturated rings. The van der Waals surface area contributed by atoms with E-state index in [4.69, 9.17) is 21.2 Å². The number of carbonyl (C=O) groups is 5. The summed E-state index contributed by atoms with van der Waals surface area (Å²) >= 11 is 6.25. The third-order valence-corrected chi connectivity index (χ3v) is 10.3. The van der Waals surface area contributed by atoms with E-state index >= 15 is 0 Å². The van der Waals surface area contributed by atoms with Crippen molar-refractivity contribution in [2.45, 2.75) is 135 Å². The molecule has 1 aliphatic carbocycles. The number of hydrogen-bond acceptors (Lipinski definition) is 8. The Morgan fingerprint density at radius 1 is 1.08 bits per heavy atom. The number of Topliss-reactive ketones (excluding diaryl/α,β-unsaturated/α-hetero) is 1. The monoisotopic (exact) mass is 713 g/mol. The Balaban J connectivity index is 1.38. The van der Waals surface area contributed by atoms with Crippen molar-refractivity contribution >= 4 is 46.7 Å². The number of benzene rings is 1. The predicted octanol–water partition coefficient (Wildman–Crippen LogP) is 4.06. The summed E-state index contributed by atoms with van der Waals surface area (Å²) in [5.41, 5.74) is -0.652. The van der Waals surface area contributed by atoms with Gasteiger partial charge in [-0.3, -0.25) is 24.0 Å². The molecule has 1 aromatic carbocycles.